The first-order valence-electron chi connectivity index (χ1n) is 10.1. The number of nitrogens with zero attached hydrogens (tertiary/aromatic N) is 2. The quantitative estimate of drug-likeness (QED) is 0.229. The van der Waals surface area contributed by atoms with Crippen LogP contribution in [-0.2, 0) is 14.8 Å². The van der Waals surface area contributed by atoms with Crippen molar-refractivity contribution in [1.82, 2.24) is 5.43 Å². The van der Waals surface area contributed by atoms with Crippen molar-refractivity contribution < 1.29 is 17.9 Å². The highest BCUT2D eigenvalue weighted by Crippen LogP contribution is 2.26. The molecule has 7 nitrogen and oxygen atoms in total. The zero-order chi connectivity index (χ0) is 24.7. The third-order valence-electron chi connectivity index (χ3n) is 4.84. The summed E-state index contributed by atoms with van der Waals surface area (Å²) in [5.74, 6) is -0.00570. The molecule has 0 aliphatic rings. The number of hydrogen-bond acceptors (Lipinski definition) is 6. The molecule has 0 heterocycles. The van der Waals surface area contributed by atoms with Gasteiger partial charge in [-0.2, -0.15) is 5.10 Å². The van der Waals surface area contributed by atoms with Gasteiger partial charge in [0.05, 0.1) is 23.9 Å². The molecule has 34 heavy (non-hydrogen) atoms. The zero-order valence-electron chi connectivity index (χ0n) is 18.9. The average Bonchev–Trinajstić information content (AvgIpc) is 2.83. The van der Waals surface area contributed by atoms with E-state index >= 15 is 0 Å². The minimum atomic E-state index is -4.00. The van der Waals surface area contributed by atoms with Crippen LogP contribution in [0.3, 0.4) is 0 Å². The summed E-state index contributed by atoms with van der Waals surface area (Å²) in [7, 11) is -2.46. The molecule has 0 unspecified atom stereocenters. The van der Waals surface area contributed by atoms with Crippen LogP contribution in [-0.4, -0.2) is 40.4 Å². The van der Waals surface area contributed by atoms with Crippen LogP contribution in [0.15, 0.2) is 86.1 Å². The number of nitrogens with one attached hydrogen (secondary N) is 1. The van der Waals surface area contributed by atoms with Crippen molar-refractivity contribution in [2.75, 3.05) is 24.2 Å². The number of rotatable bonds is 9. The van der Waals surface area contributed by atoms with E-state index in [4.69, 9.17) is 4.74 Å². The van der Waals surface area contributed by atoms with E-state index in [2.05, 4.69) is 26.5 Å². The molecular formula is C24H24BrN3O4S2. The maximum atomic E-state index is 13.4. The number of hydrazone groups is 1. The van der Waals surface area contributed by atoms with E-state index in [1.54, 1.807) is 48.5 Å². The van der Waals surface area contributed by atoms with E-state index < -0.39 is 22.5 Å². The van der Waals surface area contributed by atoms with Gasteiger partial charge in [0.25, 0.3) is 15.9 Å². The Kier molecular flexibility index (Phi) is 8.76. The van der Waals surface area contributed by atoms with Crippen LogP contribution in [0, 0.1) is 6.92 Å². The summed E-state index contributed by atoms with van der Waals surface area (Å²) in [5.41, 5.74) is 4.41. The lowest BCUT2D eigenvalue weighted by Crippen LogP contribution is -2.39. The molecule has 1 N–H and O–H groups in total. The number of carbonyl (C=O) groups is 1. The Bertz CT molecular complexity index is 1280. The zero-order valence-corrected chi connectivity index (χ0v) is 22.1. The maximum Gasteiger partial charge on any atom is 0.264 e. The number of benzene rings is 3. The Morgan fingerprint density at radius 2 is 1.79 bits per heavy atom. The molecule has 10 heteroatoms. The van der Waals surface area contributed by atoms with E-state index in [0.29, 0.717) is 17.0 Å². The molecule has 0 atom stereocenters. The minimum Gasteiger partial charge on any atom is -0.496 e. The first-order chi connectivity index (χ1) is 16.2. The lowest BCUT2D eigenvalue weighted by Gasteiger charge is -2.24. The summed E-state index contributed by atoms with van der Waals surface area (Å²) in [6.07, 6.45) is 3.35. The summed E-state index contributed by atoms with van der Waals surface area (Å²) in [6, 6.07) is 18.9. The van der Waals surface area contributed by atoms with Crippen molar-refractivity contribution in [2.45, 2.75) is 16.7 Å². The number of ether oxygens (including phenoxy) is 1. The number of sulfonamides is 1. The Balaban J connectivity index is 1.85. The molecule has 0 fully saturated rings. The fourth-order valence-electron chi connectivity index (χ4n) is 3.05. The van der Waals surface area contributed by atoms with Crippen LogP contribution in [0.4, 0.5) is 5.69 Å². The number of methoxy groups -OCH3 is 1. The Labute approximate surface area is 212 Å². The predicted octanol–water partition coefficient (Wildman–Crippen LogP) is 4.83. The van der Waals surface area contributed by atoms with Gasteiger partial charge < -0.3 is 4.74 Å². The molecule has 3 rings (SSSR count). The number of halogens is 1. The third-order valence-corrected chi connectivity index (χ3v) is 7.87. The second-order valence-electron chi connectivity index (χ2n) is 7.20. The van der Waals surface area contributed by atoms with Gasteiger partial charge in [-0.15, -0.1) is 11.8 Å². The van der Waals surface area contributed by atoms with Crippen LogP contribution in [0.5, 0.6) is 5.75 Å². The summed E-state index contributed by atoms with van der Waals surface area (Å²) >= 11 is 4.90. The second kappa shape index (κ2) is 11.5. The molecule has 0 aliphatic carbocycles. The van der Waals surface area contributed by atoms with Gasteiger partial charge in [-0.1, -0.05) is 33.6 Å². The largest absolute Gasteiger partial charge is 0.496 e. The Morgan fingerprint density at radius 1 is 1.12 bits per heavy atom. The van der Waals surface area contributed by atoms with Gasteiger partial charge in [-0.25, -0.2) is 13.8 Å². The van der Waals surface area contributed by atoms with E-state index in [0.717, 1.165) is 19.2 Å². The fraction of sp³-hybridized carbons (Fsp3) is 0.167. The molecule has 0 radical (unpaired) electrons. The molecule has 0 aliphatic heterocycles. The van der Waals surface area contributed by atoms with Crippen molar-refractivity contribution in [3.63, 3.8) is 0 Å². The van der Waals surface area contributed by atoms with Crippen LogP contribution in [0.1, 0.15) is 11.1 Å². The molecule has 0 bridgehead atoms. The van der Waals surface area contributed by atoms with Gasteiger partial charge in [0.15, 0.2) is 0 Å². The number of anilines is 1. The lowest BCUT2D eigenvalue weighted by atomic mass is 10.2. The second-order valence-corrected chi connectivity index (χ2v) is 10.9. The van der Waals surface area contributed by atoms with Crippen molar-refractivity contribution in [1.29, 1.82) is 0 Å². The van der Waals surface area contributed by atoms with Crippen LogP contribution in [0.2, 0.25) is 0 Å². The van der Waals surface area contributed by atoms with Gasteiger partial charge in [-0.05, 0) is 67.8 Å². The van der Waals surface area contributed by atoms with Crippen LogP contribution >= 0.6 is 27.7 Å². The number of amides is 1. The molecule has 0 spiro atoms. The first kappa shape index (κ1) is 25.8. The van der Waals surface area contributed by atoms with Gasteiger partial charge in [0.1, 0.15) is 12.3 Å². The lowest BCUT2D eigenvalue weighted by molar-refractivity contribution is -0.119. The van der Waals surface area contributed by atoms with E-state index in [-0.39, 0.29) is 4.90 Å². The van der Waals surface area contributed by atoms with Gasteiger partial charge in [0, 0.05) is 14.9 Å². The highest BCUT2D eigenvalue weighted by Gasteiger charge is 2.27. The number of hydrogen-bond donors (Lipinski definition) is 1. The van der Waals surface area contributed by atoms with Crippen LogP contribution in [0.25, 0.3) is 0 Å². The summed E-state index contributed by atoms with van der Waals surface area (Å²) in [6.45, 7) is 1.46. The van der Waals surface area contributed by atoms with Crippen molar-refractivity contribution >= 4 is 55.5 Å². The smallest absolute Gasteiger partial charge is 0.264 e. The van der Waals surface area contributed by atoms with Crippen molar-refractivity contribution in [3.8, 4) is 5.75 Å². The highest BCUT2D eigenvalue weighted by molar-refractivity contribution is 9.10. The van der Waals surface area contributed by atoms with E-state index in [9.17, 15) is 13.2 Å². The van der Waals surface area contributed by atoms with Gasteiger partial charge >= 0.3 is 0 Å². The van der Waals surface area contributed by atoms with Crippen LogP contribution < -0.4 is 14.5 Å². The molecule has 0 saturated carbocycles. The maximum absolute atomic E-state index is 13.4. The van der Waals surface area contributed by atoms with E-state index in [1.807, 2.05) is 19.2 Å². The summed E-state index contributed by atoms with van der Waals surface area (Å²) in [4.78, 5) is 13.7. The molecular weight excluding hydrogens is 538 g/mol. The highest BCUT2D eigenvalue weighted by atomic mass is 79.9. The standard InChI is InChI=1S/C24H24BrN3O4S2/c1-17-4-7-20(8-5-17)28(34(30,31)22-11-9-21(33-3)10-12-22)16-24(29)27-26-15-18-14-19(25)6-13-23(18)32-2/h4-15H,16H2,1-3H3,(H,27,29)/b26-15-. The summed E-state index contributed by atoms with van der Waals surface area (Å²) in [5, 5.41) is 3.98. The molecule has 0 aromatic heterocycles. The normalized spacial score (nSPS) is 11.4. The third kappa shape index (κ3) is 6.40. The number of carbonyl (C=O) groups excluding carboxylic acids is 1. The van der Waals surface area contributed by atoms with Crippen molar-refractivity contribution in [3.05, 3.63) is 82.3 Å². The van der Waals surface area contributed by atoms with Crippen molar-refractivity contribution in [2.24, 2.45) is 5.10 Å². The Morgan fingerprint density at radius 3 is 2.41 bits per heavy atom. The fourth-order valence-corrected chi connectivity index (χ4v) is 5.25. The van der Waals surface area contributed by atoms with Gasteiger partial charge in [-0.3, -0.25) is 9.10 Å². The predicted molar refractivity (Wildman–Crippen MR) is 140 cm³/mol. The molecule has 1 amide bonds. The topological polar surface area (TPSA) is 88.1 Å². The molecule has 0 saturated heterocycles. The average molecular weight is 563 g/mol. The molecule has 3 aromatic carbocycles. The first-order valence-corrected chi connectivity index (χ1v) is 13.6. The Hall–Kier alpha value is -2.82. The van der Waals surface area contributed by atoms with E-state index in [1.165, 1.54) is 37.2 Å². The molecule has 3 aromatic rings. The minimum absolute atomic E-state index is 0.0982. The SMILES string of the molecule is COc1ccc(Br)cc1/C=N\NC(=O)CN(c1ccc(C)cc1)S(=O)(=O)c1ccc(SC)cc1. The number of aryl methyl sites for hydroxylation is 1. The van der Waals surface area contributed by atoms with Gasteiger partial charge in [0.2, 0.25) is 0 Å². The molecule has 178 valence electrons. The summed E-state index contributed by atoms with van der Waals surface area (Å²) < 4.78 is 34.1. The number of thioether (sulfide) groups is 1. The monoisotopic (exact) mass is 561 g/mol.